The third kappa shape index (κ3) is 4.32. The van der Waals surface area contributed by atoms with Crippen molar-refractivity contribution < 1.29 is 9.66 Å². The van der Waals surface area contributed by atoms with E-state index >= 15 is 0 Å². The van der Waals surface area contributed by atoms with Crippen LogP contribution in [0.25, 0.3) is 0 Å². The molecule has 0 radical (unpaired) electrons. The zero-order chi connectivity index (χ0) is 16.0. The Balaban J connectivity index is 3.25. The zero-order valence-corrected chi connectivity index (χ0v) is 13.3. The minimum absolute atomic E-state index is 0.0222. The number of nitrogens with two attached hydrogens (primary N) is 1. The summed E-state index contributed by atoms with van der Waals surface area (Å²) in [5.41, 5.74) is 6.26. The molecule has 0 aliphatic heterocycles. The van der Waals surface area contributed by atoms with Gasteiger partial charge in [-0.05, 0) is 37.9 Å². The highest BCUT2D eigenvalue weighted by molar-refractivity contribution is 5.69. The van der Waals surface area contributed by atoms with E-state index in [1.807, 2.05) is 32.6 Å². The summed E-state index contributed by atoms with van der Waals surface area (Å²) in [7, 11) is 0. The first kappa shape index (κ1) is 17.2. The van der Waals surface area contributed by atoms with Crippen molar-refractivity contribution >= 4 is 11.4 Å². The Morgan fingerprint density at radius 3 is 2.52 bits per heavy atom. The smallest absolute Gasteiger partial charge is 0.333 e. The fourth-order valence-corrected chi connectivity index (χ4v) is 2.17. The molecule has 0 atom stereocenters. The van der Waals surface area contributed by atoms with Gasteiger partial charge in [-0.1, -0.05) is 19.9 Å². The zero-order valence-electron chi connectivity index (χ0n) is 13.3. The second-order valence-electron chi connectivity index (χ2n) is 5.70. The van der Waals surface area contributed by atoms with Crippen LogP contribution < -0.4 is 15.4 Å². The summed E-state index contributed by atoms with van der Waals surface area (Å²) in [6, 6.07) is 5.18. The number of benzene rings is 1. The Labute approximate surface area is 126 Å². The second kappa shape index (κ2) is 7.26. The van der Waals surface area contributed by atoms with Gasteiger partial charge in [0.2, 0.25) is 0 Å². The first-order valence-electron chi connectivity index (χ1n) is 7.21. The van der Waals surface area contributed by atoms with Crippen LogP contribution >= 0.6 is 0 Å². The molecule has 2 N–H and O–H groups in total. The molecule has 0 fully saturated rings. The Bertz CT molecular complexity index is 489. The number of nitro benzene ring substituents is 1. The Morgan fingerprint density at radius 1 is 1.38 bits per heavy atom. The topological polar surface area (TPSA) is 81.6 Å². The van der Waals surface area contributed by atoms with Crippen LogP contribution in [0, 0.1) is 15.5 Å². The molecule has 0 unspecified atom stereocenters. The van der Waals surface area contributed by atoms with Crippen molar-refractivity contribution in [2.24, 2.45) is 11.1 Å². The fourth-order valence-electron chi connectivity index (χ4n) is 2.17. The minimum Gasteiger partial charge on any atom is -0.487 e. The summed E-state index contributed by atoms with van der Waals surface area (Å²) in [6.07, 6.45) is 0. The molecule has 0 spiro atoms. The predicted octanol–water partition coefficient (Wildman–Crippen LogP) is 2.80. The summed E-state index contributed by atoms with van der Waals surface area (Å²) in [6.45, 7) is 10.1. The van der Waals surface area contributed by atoms with E-state index in [-0.39, 0.29) is 16.0 Å². The molecule has 21 heavy (non-hydrogen) atoms. The molecule has 118 valence electrons. The number of rotatable bonds is 8. The van der Waals surface area contributed by atoms with Crippen molar-refractivity contribution in [3.05, 3.63) is 28.3 Å². The molecular weight excluding hydrogens is 270 g/mol. The summed E-state index contributed by atoms with van der Waals surface area (Å²) < 4.78 is 5.40. The van der Waals surface area contributed by atoms with Crippen LogP contribution in [0.15, 0.2) is 18.2 Å². The monoisotopic (exact) mass is 295 g/mol. The number of nitro groups is 1. The van der Waals surface area contributed by atoms with Gasteiger partial charge in [0.05, 0.1) is 11.5 Å². The third-order valence-corrected chi connectivity index (χ3v) is 3.35. The third-order valence-electron chi connectivity index (χ3n) is 3.35. The van der Waals surface area contributed by atoms with Crippen molar-refractivity contribution in [2.75, 3.05) is 31.1 Å². The van der Waals surface area contributed by atoms with Gasteiger partial charge in [0.25, 0.3) is 0 Å². The van der Waals surface area contributed by atoms with Crippen molar-refractivity contribution in [2.45, 2.75) is 27.7 Å². The van der Waals surface area contributed by atoms with Gasteiger partial charge in [0.1, 0.15) is 5.69 Å². The highest BCUT2D eigenvalue weighted by Gasteiger charge is 2.27. The van der Waals surface area contributed by atoms with E-state index < -0.39 is 0 Å². The quantitative estimate of drug-likeness (QED) is 0.589. The summed E-state index contributed by atoms with van der Waals surface area (Å²) in [5.74, 6) is 0.309. The predicted molar refractivity (Wildman–Crippen MR) is 85.0 cm³/mol. The van der Waals surface area contributed by atoms with E-state index in [0.717, 1.165) is 0 Å². The Hall–Kier alpha value is -1.82. The van der Waals surface area contributed by atoms with Gasteiger partial charge in [0.15, 0.2) is 5.75 Å². The van der Waals surface area contributed by atoms with Gasteiger partial charge in [0, 0.05) is 13.1 Å². The van der Waals surface area contributed by atoms with Crippen molar-refractivity contribution in [3.63, 3.8) is 0 Å². The summed E-state index contributed by atoms with van der Waals surface area (Å²) in [4.78, 5) is 13.1. The van der Waals surface area contributed by atoms with Gasteiger partial charge in [-0.3, -0.25) is 10.1 Å². The van der Waals surface area contributed by atoms with Gasteiger partial charge in [-0.15, -0.1) is 0 Å². The van der Waals surface area contributed by atoms with Crippen LogP contribution in [0.3, 0.4) is 0 Å². The maximum absolute atomic E-state index is 11.4. The molecule has 0 saturated carbocycles. The molecule has 6 nitrogen and oxygen atoms in total. The number of nitrogens with zero attached hydrogens (tertiary/aromatic N) is 2. The highest BCUT2D eigenvalue weighted by atomic mass is 16.6. The van der Waals surface area contributed by atoms with Crippen LogP contribution in [-0.4, -0.2) is 31.2 Å². The Kier molecular flexibility index (Phi) is 5.96. The van der Waals surface area contributed by atoms with E-state index in [0.29, 0.717) is 37.7 Å². The average Bonchev–Trinajstić information content (AvgIpc) is 2.44. The first-order chi connectivity index (χ1) is 9.86. The maximum atomic E-state index is 11.4. The molecule has 1 aromatic rings. The van der Waals surface area contributed by atoms with Crippen LogP contribution in [0.2, 0.25) is 0 Å². The molecule has 1 aromatic carbocycles. The summed E-state index contributed by atoms with van der Waals surface area (Å²) in [5, 5.41) is 11.4. The van der Waals surface area contributed by atoms with Crippen LogP contribution in [0.4, 0.5) is 11.4 Å². The summed E-state index contributed by atoms with van der Waals surface area (Å²) >= 11 is 0. The SMILES string of the molecule is CCOc1cccc(N(CC)CC(C)(C)CN)c1[N+](=O)[O-]. The fraction of sp³-hybridized carbons (Fsp3) is 0.600. The first-order valence-corrected chi connectivity index (χ1v) is 7.21. The van der Waals surface area contributed by atoms with E-state index in [2.05, 4.69) is 0 Å². The normalized spacial score (nSPS) is 11.3. The molecule has 0 aliphatic carbocycles. The Morgan fingerprint density at radius 2 is 2.05 bits per heavy atom. The number of hydrogen-bond acceptors (Lipinski definition) is 5. The molecule has 0 saturated heterocycles. The molecule has 0 heterocycles. The lowest BCUT2D eigenvalue weighted by atomic mass is 9.92. The van der Waals surface area contributed by atoms with Crippen molar-refractivity contribution in [1.29, 1.82) is 0 Å². The van der Waals surface area contributed by atoms with Crippen molar-refractivity contribution in [1.82, 2.24) is 0 Å². The maximum Gasteiger partial charge on any atom is 0.333 e. The molecule has 1 rings (SSSR count). The van der Waals surface area contributed by atoms with E-state index in [1.54, 1.807) is 18.2 Å². The van der Waals surface area contributed by atoms with E-state index in [1.165, 1.54) is 0 Å². The van der Waals surface area contributed by atoms with E-state index in [9.17, 15) is 10.1 Å². The second-order valence-corrected chi connectivity index (χ2v) is 5.70. The van der Waals surface area contributed by atoms with Gasteiger partial charge >= 0.3 is 5.69 Å². The standard InChI is InChI=1S/C15H25N3O3/c1-5-17(11-15(3,4)10-16)12-8-7-9-13(21-6-2)14(12)18(19)20/h7-9H,5-6,10-11,16H2,1-4H3. The molecule has 0 aliphatic rings. The van der Waals surface area contributed by atoms with Crippen LogP contribution in [0.1, 0.15) is 27.7 Å². The van der Waals surface area contributed by atoms with Gasteiger partial charge in [-0.2, -0.15) is 0 Å². The highest BCUT2D eigenvalue weighted by Crippen LogP contribution is 2.38. The lowest BCUT2D eigenvalue weighted by Gasteiger charge is -2.32. The number of anilines is 1. The lowest BCUT2D eigenvalue weighted by molar-refractivity contribution is -0.385. The largest absolute Gasteiger partial charge is 0.487 e. The number of para-hydroxylation sites is 1. The lowest BCUT2D eigenvalue weighted by Crippen LogP contribution is -2.39. The molecule has 0 aromatic heterocycles. The van der Waals surface area contributed by atoms with Crippen LogP contribution in [-0.2, 0) is 0 Å². The van der Waals surface area contributed by atoms with Gasteiger partial charge < -0.3 is 15.4 Å². The molecule has 6 heteroatoms. The van der Waals surface area contributed by atoms with Crippen molar-refractivity contribution in [3.8, 4) is 5.75 Å². The average molecular weight is 295 g/mol. The molecular formula is C15H25N3O3. The molecule has 0 amide bonds. The van der Waals surface area contributed by atoms with Crippen LogP contribution in [0.5, 0.6) is 5.75 Å². The van der Waals surface area contributed by atoms with E-state index in [4.69, 9.17) is 10.5 Å². The molecule has 0 bridgehead atoms. The minimum atomic E-state index is -0.377. The number of ether oxygens (including phenoxy) is 1. The number of hydrogen-bond donors (Lipinski definition) is 1. The van der Waals surface area contributed by atoms with Gasteiger partial charge in [-0.25, -0.2) is 0 Å².